The second-order valence-corrected chi connectivity index (χ2v) is 10.8. The average Bonchev–Trinajstić information content (AvgIpc) is 3.55. The van der Waals surface area contributed by atoms with Crippen molar-refractivity contribution in [3.8, 4) is 11.5 Å². The van der Waals surface area contributed by atoms with Crippen molar-refractivity contribution in [1.29, 1.82) is 0 Å². The Morgan fingerprint density at radius 1 is 1.16 bits per heavy atom. The molecule has 1 unspecified atom stereocenters. The van der Waals surface area contributed by atoms with Crippen molar-refractivity contribution in [2.75, 3.05) is 59.7 Å². The van der Waals surface area contributed by atoms with Gasteiger partial charge in [-0.2, -0.15) is 0 Å². The van der Waals surface area contributed by atoms with Gasteiger partial charge in [0.1, 0.15) is 0 Å². The number of amides is 2. The summed E-state index contributed by atoms with van der Waals surface area (Å²) in [5.74, 6) is 1.97. The molecule has 212 valence electrons. The first-order chi connectivity index (χ1) is 18.4. The Morgan fingerprint density at radius 3 is 2.74 bits per heavy atom. The van der Waals surface area contributed by atoms with Gasteiger partial charge in [0.2, 0.25) is 18.6 Å². The Hall–Kier alpha value is -2.40. The molecule has 3 heterocycles. The first kappa shape index (κ1) is 28.6. The number of fused-ring (bicyclic) bond motifs is 1. The Balaban J connectivity index is 1.45. The SMILES string of the molecule is CCCCN(CCCCN)C(=O)CN1C[C@H](c2ccc3c(c2)OCO3)C[C@@H]1CCN1CCC(=O)N(C)C1O. The van der Waals surface area contributed by atoms with Gasteiger partial charge in [0.05, 0.1) is 6.54 Å². The van der Waals surface area contributed by atoms with Crippen LogP contribution in [-0.2, 0) is 9.59 Å². The van der Waals surface area contributed by atoms with Crippen LogP contribution >= 0.6 is 0 Å². The van der Waals surface area contributed by atoms with Crippen LogP contribution in [0, 0.1) is 0 Å². The van der Waals surface area contributed by atoms with Crippen LogP contribution in [0.25, 0.3) is 0 Å². The van der Waals surface area contributed by atoms with Gasteiger partial charge in [-0.25, -0.2) is 0 Å². The number of hydrogen-bond donors (Lipinski definition) is 2. The number of ether oxygens (including phenoxy) is 2. The van der Waals surface area contributed by atoms with Crippen molar-refractivity contribution in [2.24, 2.45) is 5.73 Å². The zero-order chi connectivity index (χ0) is 27.1. The summed E-state index contributed by atoms with van der Waals surface area (Å²) in [6.45, 7) is 6.97. The van der Waals surface area contributed by atoms with Gasteiger partial charge in [0.25, 0.3) is 0 Å². The molecule has 0 aromatic heterocycles. The number of hydrogen-bond acceptors (Lipinski definition) is 8. The van der Waals surface area contributed by atoms with Crippen LogP contribution in [0.3, 0.4) is 0 Å². The number of nitrogens with zero attached hydrogens (tertiary/aromatic N) is 4. The van der Waals surface area contributed by atoms with E-state index >= 15 is 0 Å². The molecule has 4 rings (SSSR count). The molecular formula is C28H45N5O5. The molecule has 3 N–H and O–H groups in total. The van der Waals surface area contributed by atoms with Crippen LogP contribution in [0.5, 0.6) is 11.5 Å². The standard InChI is InChI=1S/C28H45N5O5/c1-3-4-12-31(13-6-5-11-29)27(35)19-33-18-22(21-7-8-24-25(17-21)38-20-37-24)16-23(33)9-14-32-15-10-26(34)30(2)28(32)36/h7-8,17,22-23,28,36H,3-6,9-16,18-20,29H2,1-2H3/t22-,23+,28?/m1/s1. The highest BCUT2D eigenvalue weighted by molar-refractivity contribution is 5.78. The van der Waals surface area contributed by atoms with Gasteiger partial charge < -0.3 is 30.1 Å². The molecular weight excluding hydrogens is 486 g/mol. The third kappa shape index (κ3) is 6.97. The maximum atomic E-state index is 13.5. The van der Waals surface area contributed by atoms with E-state index in [1.807, 2.05) is 15.9 Å². The Bertz CT molecular complexity index is 946. The molecule has 1 aromatic carbocycles. The minimum Gasteiger partial charge on any atom is -0.454 e. The molecule has 3 aliphatic heterocycles. The second kappa shape index (κ2) is 13.6. The van der Waals surface area contributed by atoms with Gasteiger partial charge in [0.15, 0.2) is 17.9 Å². The predicted molar refractivity (Wildman–Crippen MR) is 145 cm³/mol. The lowest BCUT2D eigenvalue weighted by molar-refractivity contribution is -0.167. The molecule has 0 saturated carbocycles. The van der Waals surface area contributed by atoms with Crippen LogP contribution in [0.1, 0.15) is 63.4 Å². The number of likely N-dealkylation sites (tertiary alicyclic amines) is 1. The third-order valence-corrected chi connectivity index (χ3v) is 8.18. The normalized spacial score (nSPS) is 23.8. The Labute approximate surface area is 226 Å². The largest absolute Gasteiger partial charge is 0.454 e. The van der Waals surface area contributed by atoms with Gasteiger partial charge in [-0.05, 0) is 62.3 Å². The molecule has 10 heteroatoms. The molecule has 2 fully saturated rings. The van der Waals surface area contributed by atoms with Crippen molar-refractivity contribution < 1.29 is 24.2 Å². The minimum atomic E-state index is -0.899. The summed E-state index contributed by atoms with van der Waals surface area (Å²) in [7, 11) is 1.64. The third-order valence-electron chi connectivity index (χ3n) is 8.18. The highest BCUT2D eigenvalue weighted by Gasteiger charge is 2.37. The highest BCUT2D eigenvalue weighted by Crippen LogP contribution is 2.39. The first-order valence-corrected chi connectivity index (χ1v) is 14.2. The number of aliphatic hydroxyl groups is 1. The summed E-state index contributed by atoms with van der Waals surface area (Å²) in [5.41, 5.74) is 6.89. The molecule has 0 aliphatic carbocycles. The zero-order valence-corrected chi connectivity index (χ0v) is 23.0. The van der Waals surface area contributed by atoms with Crippen LogP contribution < -0.4 is 15.2 Å². The molecule has 0 spiro atoms. The van der Waals surface area contributed by atoms with Crippen molar-refractivity contribution in [3.63, 3.8) is 0 Å². The predicted octanol–water partition coefficient (Wildman–Crippen LogP) is 1.77. The Morgan fingerprint density at radius 2 is 1.95 bits per heavy atom. The van der Waals surface area contributed by atoms with Gasteiger partial charge in [0, 0.05) is 52.2 Å². The maximum Gasteiger partial charge on any atom is 0.236 e. The van der Waals surface area contributed by atoms with Crippen LogP contribution in [0.2, 0.25) is 0 Å². The topological polar surface area (TPSA) is 112 Å². The molecule has 3 aliphatic rings. The van der Waals surface area contributed by atoms with Crippen molar-refractivity contribution >= 4 is 11.8 Å². The van der Waals surface area contributed by atoms with E-state index in [0.29, 0.717) is 32.6 Å². The number of carbonyl (C=O) groups is 2. The van der Waals surface area contributed by atoms with Crippen molar-refractivity contribution in [3.05, 3.63) is 23.8 Å². The second-order valence-electron chi connectivity index (χ2n) is 10.8. The summed E-state index contributed by atoms with van der Waals surface area (Å²) < 4.78 is 11.1. The van der Waals surface area contributed by atoms with E-state index in [1.165, 1.54) is 10.5 Å². The fraction of sp³-hybridized carbons (Fsp3) is 0.714. The van der Waals surface area contributed by atoms with Crippen LogP contribution in [0.15, 0.2) is 18.2 Å². The lowest BCUT2D eigenvalue weighted by Gasteiger charge is -2.39. The number of nitrogens with two attached hydrogens (primary N) is 1. The Kier molecular flexibility index (Phi) is 10.2. The summed E-state index contributed by atoms with van der Waals surface area (Å²) in [6.07, 6.45) is 5.14. The number of aliphatic hydroxyl groups excluding tert-OH is 1. The smallest absolute Gasteiger partial charge is 0.236 e. The molecule has 2 saturated heterocycles. The van der Waals surface area contributed by atoms with E-state index in [2.05, 4.69) is 24.0 Å². The van der Waals surface area contributed by atoms with Gasteiger partial charge in [-0.15, -0.1) is 0 Å². The summed E-state index contributed by atoms with van der Waals surface area (Å²) >= 11 is 0. The maximum absolute atomic E-state index is 13.5. The average molecular weight is 532 g/mol. The van der Waals surface area contributed by atoms with Gasteiger partial charge in [-0.3, -0.25) is 19.4 Å². The monoisotopic (exact) mass is 531 g/mol. The summed E-state index contributed by atoms with van der Waals surface area (Å²) in [4.78, 5) is 33.2. The summed E-state index contributed by atoms with van der Waals surface area (Å²) in [6, 6.07) is 6.35. The lowest BCUT2D eigenvalue weighted by atomic mass is 9.95. The molecule has 0 radical (unpaired) electrons. The number of rotatable bonds is 13. The number of benzene rings is 1. The van der Waals surface area contributed by atoms with Crippen LogP contribution in [0.4, 0.5) is 0 Å². The molecule has 38 heavy (non-hydrogen) atoms. The van der Waals surface area contributed by atoms with Crippen molar-refractivity contribution in [2.45, 2.75) is 70.2 Å². The van der Waals surface area contributed by atoms with E-state index in [-0.39, 0.29) is 30.6 Å². The first-order valence-electron chi connectivity index (χ1n) is 14.2. The fourth-order valence-electron chi connectivity index (χ4n) is 5.76. The van der Waals surface area contributed by atoms with E-state index < -0.39 is 6.35 Å². The highest BCUT2D eigenvalue weighted by atomic mass is 16.7. The summed E-state index contributed by atoms with van der Waals surface area (Å²) in [5, 5.41) is 10.6. The van der Waals surface area contributed by atoms with Gasteiger partial charge >= 0.3 is 0 Å². The van der Waals surface area contributed by atoms with E-state index in [0.717, 1.165) is 69.7 Å². The molecule has 0 bridgehead atoms. The lowest BCUT2D eigenvalue weighted by Crippen LogP contribution is -2.55. The van der Waals surface area contributed by atoms with Crippen molar-refractivity contribution in [1.82, 2.24) is 19.6 Å². The quantitative estimate of drug-likeness (QED) is 0.371. The molecule has 2 amide bonds. The van der Waals surface area contributed by atoms with Crippen LogP contribution in [-0.4, -0.2) is 109 Å². The fourth-order valence-corrected chi connectivity index (χ4v) is 5.76. The van der Waals surface area contributed by atoms with E-state index in [1.54, 1.807) is 7.05 Å². The number of unbranched alkanes of at least 4 members (excludes halogenated alkanes) is 2. The van der Waals surface area contributed by atoms with E-state index in [9.17, 15) is 14.7 Å². The molecule has 1 aromatic rings. The molecule has 10 nitrogen and oxygen atoms in total. The molecule has 3 atom stereocenters. The van der Waals surface area contributed by atoms with E-state index in [4.69, 9.17) is 15.2 Å². The van der Waals surface area contributed by atoms with Gasteiger partial charge in [-0.1, -0.05) is 19.4 Å². The zero-order valence-electron chi connectivity index (χ0n) is 23.0. The number of carbonyl (C=O) groups excluding carboxylic acids is 2. The minimum absolute atomic E-state index is 0.0356.